The standard InChI is InChI=1S/C13H18ClFN4O2S2/c14-10-1-2-12(11(15)9-10)23(20,21)18-4-3-17-13(16)19-5-7-22-8-6-19/h1-2,9,18H,3-8H2,(H2,16,17). The molecule has 23 heavy (non-hydrogen) atoms. The highest BCUT2D eigenvalue weighted by Crippen LogP contribution is 2.18. The number of sulfonamides is 1. The molecule has 0 unspecified atom stereocenters. The van der Waals surface area contributed by atoms with Crippen molar-refractivity contribution in [1.29, 1.82) is 0 Å². The van der Waals surface area contributed by atoms with E-state index < -0.39 is 20.7 Å². The fraction of sp³-hybridized carbons (Fsp3) is 0.462. The van der Waals surface area contributed by atoms with Crippen molar-refractivity contribution in [3.63, 3.8) is 0 Å². The highest BCUT2D eigenvalue weighted by atomic mass is 35.5. The molecule has 1 fully saturated rings. The maximum absolute atomic E-state index is 13.7. The molecule has 0 amide bonds. The molecule has 1 aliphatic rings. The number of nitrogens with one attached hydrogen (secondary N) is 1. The van der Waals surface area contributed by atoms with Crippen LogP contribution >= 0.6 is 23.4 Å². The van der Waals surface area contributed by atoms with Crippen molar-refractivity contribution in [3.8, 4) is 0 Å². The Balaban J connectivity index is 1.89. The Morgan fingerprint density at radius 2 is 2.13 bits per heavy atom. The Labute approximate surface area is 144 Å². The summed E-state index contributed by atoms with van der Waals surface area (Å²) in [6.07, 6.45) is 0. The van der Waals surface area contributed by atoms with E-state index in [1.807, 2.05) is 16.7 Å². The number of rotatable bonds is 5. The molecule has 1 saturated heterocycles. The van der Waals surface area contributed by atoms with Gasteiger partial charge in [0.05, 0.1) is 6.54 Å². The lowest BCUT2D eigenvalue weighted by molar-refractivity contribution is 0.456. The number of hydrogen-bond acceptors (Lipinski definition) is 4. The van der Waals surface area contributed by atoms with E-state index >= 15 is 0 Å². The summed E-state index contributed by atoms with van der Waals surface area (Å²) < 4.78 is 40.0. The highest BCUT2D eigenvalue weighted by molar-refractivity contribution is 7.99. The second-order valence-corrected chi connectivity index (χ2v) is 8.21. The fourth-order valence-electron chi connectivity index (χ4n) is 2.01. The molecular formula is C13H18ClFN4O2S2. The van der Waals surface area contributed by atoms with Gasteiger partial charge in [-0.1, -0.05) is 11.6 Å². The minimum Gasteiger partial charge on any atom is -0.370 e. The van der Waals surface area contributed by atoms with Crippen molar-refractivity contribution in [3.05, 3.63) is 29.0 Å². The van der Waals surface area contributed by atoms with Crippen LogP contribution < -0.4 is 10.5 Å². The Kier molecular flexibility index (Phi) is 6.51. The molecule has 0 bridgehead atoms. The zero-order valence-electron chi connectivity index (χ0n) is 12.3. The molecule has 2 rings (SSSR count). The molecule has 6 nitrogen and oxygen atoms in total. The van der Waals surface area contributed by atoms with E-state index in [1.165, 1.54) is 6.07 Å². The van der Waals surface area contributed by atoms with E-state index in [-0.39, 0.29) is 18.1 Å². The minimum atomic E-state index is -3.94. The topological polar surface area (TPSA) is 87.8 Å². The highest BCUT2D eigenvalue weighted by Gasteiger charge is 2.18. The van der Waals surface area contributed by atoms with E-state index in [0.717, 1.165) is 36.7 Å². The number of nitrogens with zero attached hydrogens (tertiary/aromatic N) is 2. The van der Waals surface area contributed by atoms with Gasteiger partial charge in [0.15, 0.2) is 5.96 Å². The minimum absolute atomic E-state index is 0.0354. The molecule has 0 spiro atoms. The van der Waals surface area contributed by atoms with Gasteiger partial charge in [0.2, 0.25) is 10.0 Å². The summed E-state index contributed by atoms with van der Waals surface area (Å²) in [4.78, 5) is 5.67. The van der Waals surface area contributed by atoms with E-state index in [9.17, 15) is 12.8 Å². The molecule has 10 heteroatoms. The Morgan fingerprint density at radius 1 is 1.43 bits per heavy atom. The first-order valence-electron chi connectivity index (χ1n) is 6.97. The summed E-state index contributed by atoms with van der Waals surface area (Å²) in [7, 11) is -3.94. The average molecular weight is 381 g/mol. The molecule has 1 aromatic rings. The van der Waals surface area contributed by atoms with Gasteiger partial charge in [-0.15, -0.1) is 0 Å². The van der Waals surface area contributed by atoms with E-state index in [2.05, 4.69) is 9.71 Å². The van der Waals surface area contributed by atoms with Crippen molar-refractivity contribution in [1.82, 2.24) is 9.62 Å². The van der Waals surface area contributed by atoms with Crippen LogP contribution in [0.3, 0.4) is 0 Å². The summed E-state index contributed by atoms with van der Waals surface area (Å²) >= 11 is 7.47. The van der Waals surface area contributed by atoms with Gasteiger partial charge in [0, 0.05) is 36.2 Å². The maximum atomic E-state index is 13.7. The number of hydrogen-bond donors (Lipinski definition) is 2. The van der Waals surface area contributed by atoms with Gasteiger partial charge in [-0.05, 0) is 18.2 Å². The lowest BCUT2D eigenvalue weighted by Gasteiger charge is -2.27. The van der Waals surface area contributed by atoms with Gasteiger partial charge in [-0.3, -0.25) is 4.99 Å². The molecule has 0 aliphatic carbocycles. The van der Waals surface area contributed by atoms with E-state index in [4.69, 9.17) is 17.3 Å². The van der Waals surface area contributed by atoms with Crippen molar-refractivity contribution >= 4 is 39.3 Å². The number of halogens is 2. The van der Waals surface area contributed by atoms with Gasteiger partial charge in [-0.25, -0.2) is 17.5 Å². The second kappa shape index (κ2) is 8.18. The predicted octanol–water partition coefficient (Wildman–Crippen LogP) is 1.12. The summed E-state index contributed by atoms with van der Waals surface area (Å²) in [5.41, 5.74) is 5.86. The normalized spacial score (nSPS) is 16.6. The third kappa shape index (κ3) is 5.23. The molecule has 1 aliphatic heterocycles. The Hall–Kier alpha value is -1.03. The van der Waals surface area contributed by atoms with Crippen LogP contribution in [0.1, 0.15) is 0 Å². The first-order chi connectivity index (χ1) is 10.9. The fourth-order valence-corrected chi connectivity index (χ4v) is 4.15. The van der Waals surface area contributed by atoms with Crippen LogP contribution in [0.15, 0.2) is 28.1 Å². The lowest BCUT2D eigenvalue weighted by Crippen LogP contribution is -2.43. The van der Waals surface area contributed by atoms with Crippen molar-refractivity contribution in [2.75, 3.05) is 37.7 Å². The summed E-state index contributed by atoms with van der Waals surface area (Å²) in [5, 5.41) is 0.138. The van der Waals surface area contributed by atoms with Gasteiger partial charge in [0.1, 0.15) is 10.7 Å². The Morgan fingerprint density at radius 3 is 2.78 bits per heavy atom. The van der Waals surface area contributed by atoms with Crippen molar-refractivity contribution in [2.24, 2.45) is 10.7 Å². The number of aliphatic imine (C=N–C) groups is 1. The number of guanidine groups is 1. The van der Waals surface area contributed by atoms with Crippen LogP contribution in [0.2, 0.25) is 5.02 Å². The van der Waals surface area contributed by atoms with E-state index in [1.54, 1.807) is 0 Å². The molecule has 0 saturated carbocycles. The van der Waals surface area contributed by atoms with Crippen LogP contribution in [-0.4, -0.2) is 57.0 Å². The quantitative estimate of drug-likeness (QED) is 0.454. The zero-order valence-corrected chi connectivity index (χ0v) is 14.7. The molecular weight excluding hydrogens is 363 g/mol. The predicted molar refractivity (Wildman–Crippen MR) is 92.0 cm³/mol. The van der Waals surface area contributed by atoms with Gasteiger partial charge in [-0.2, -0.15) is 11.8 Å². The smallest absolute Gasteiger partial charge is 0.243 e. The molecule has 1 aromatic carbocycles. The SMILES string of the molecule is NC(=NCCNS(=O)(=O)c1ccc(Cl)cc1F)N1CCSCC1. The summed E-state index contributed by atoms with van der Waals surface area (Å²) in [6.45, 7) is 1.89. The number of nitrogens with two attached hydrogens (primary N) is 1. The molecule has 128 valence electrons. The number of thioether (sulfide) groups is 1. The third-order valence-corrected chi connectivity index (χ3v) is 5.87. The Bertz CT molecular complexity index is 679. The van der Waals surface area contributed by atoms with Crippen molar-refractivity contribution < 1.29 is 12.8 Å². The molecule has 0 atom stereocenters. The van der Waals surface area contributed by atoms with Crippen molar-refractivity contribution in [2.45, 2.75) is 4.90 Å². The van der Waals surface area contributed by atoms with Crippen LogP contribution in [-0.2, 0) is 10.0 Å². The number of benzene rings is 1. The van der Waals surface area contributed by atoms with Crippen LogP contribution in [0.4, 0.5) is 4.39 Å². The maximum Gasteiger partial charge on any atom is 0.243 e. The second-order valence-electron chi connectivity index (χ2n) is 4.81. The first kappa shape index (κ1) is 18.3. The molecule has 0 aromatic heterocycles. The zero-order chi connectivity index (χ0) is 16.9. The largest absolute Gasteiger partial charge is 0.370 e. The van der Waals surface area contributed by atoms with Gasteiger partial charge < -0.3 is 10.6 Å². The van der Waals surface area contributed by atoms with Crippen LogP contribution in [0.5, 0.6) is 0 Å². The molecule has 1 heterocycles. The summed E-state index contributed by atoms with van der Waals surface area (Å²) in [5.74, 6) is 1.51. The van der Waals surface area contributed by atoms with Gasteiger partial charge in [0.25, 0.3) is 0 Å². The summed E-state index contributed by atoms with van der Waals surface area (Å²) in [6, 6.07) is 3.41. The van der Waals surface area contributed by atoms with Gasteiger partial charge >= 0.3 is 0 Å². The monoisotopic (exact) mass is 380 g/mol. The van der Waals surface area contributed by atoms with E-state index in [0.29, 0.717) is 5.96 Å². The third-order valence-electron chi connectivity index (χ3n) is 3.20. The first-order valence-corrected chi connectivity index (χ1v) is 9.99. The molecule has 0 radical (unpaired) electrons. The average Bonchev–Trinajstić information content (AvgIpc) is 2.52. The molecule has 3 N–H and O–H groups in total. The van der Waals surface area contributed by atoms with Crippen LogP contribution in [0.25, 0.3) is 0 Å². The van der Waals surface area contributed by atoms with Crippen LogP contribution in [0, 0.1) is 5.82 Å². The lowest BCUT2D eigenvalue weighted by atomic mass is 10.3.